The summed E-state index contributed by atoms with van der Waals surface area (Å²) < 4.78 is 30.1. The molecule has 0 aromatic heterocycles. The molecule has 7 heteroatoms. The molecule has 0 unspecified atom stereocenters. The Bertz CT molecular complexity index is 746. The van der Waals surface area contributed by atoms with Gasteiger partial charge in [0, 0.05) is 44.8 Å². The van der Waals surface area contributed by atoms with Crippen LogP contribution < -0.4 is 0 Å². The molecule has 142 valence electrons. The molecule has 1 aromatic rings. The highest BCUT2D eigenvalue weighted by atomic mass is 32.2. The van der Waals surface area contributed by atoms with Gasteiger partial charge in [-0.25, -0.2) is 8.42 Å². The smallest absolute Gasteiger partial charge is 0.226 e. The van der Waals surface area contributed by atoms with Crippen LogP contribution in [-0.2, 0) is 25.9 Å². The predicted octanol–water partition coefficient (Wildman–Crippen LogP) is 0.923. The molecule has 2 atom stereocenters. The lowest BCUT2D eigenvalue weighted by Crippen LogP contribution is -2.61. The Morgan fingerprint density at radius 2 is 1.73 bits per heavy atom. The van der Waals surface area contributed by atoms with Crippen molar-refractivity contribution >= 4 is 15.7 Å². The largest absolute Gasteiger partial charge is 0.381 e. The average molecular weight is 378 g/mol. The third-order valence-electron chi connectivity index (χ3n) is 5.87. The van der Waals surface area contributed by atoms with Gasteiger partial charge in [0.1, 0.15) is 0 Å². The number of nitrogens with zero attached hydrogens (tertiary/aromatic N) is 2. The number of rotatable bonds is 3. The molecule has 3 saturated heterocycles. The van der Waals surface area contributed by atoms with E-state index in [2.05, 4.69) is 17.0 Å². The van der Waals surface area contributed by atoms with Crippen molar-refractivity contribution in [1.29, 1.82) is 0 Å². The van der Waals surface area contributed by atoms with Gasteiger partial charge in [-0.15, -0.1) is 0 Å². The number of carbonyl (C=O) groups excluding carboxylic acids is 1. The zero-order valence-corrected chi connectivity index (χ0v) is 15.7. The molecular formula is C19H26N2O4S. The fourth-order valence-corrected chi connectivity index (χ4v) is 6.50. The molecule has 3 heterocycles. The number of ether oxygens (including phenoxy) is 1. The van der Waals surface area contributed by atoms with Gasteiger partial charge >= 0.3 is 0 Å². The molecule has 0 N–H and O–H groups in total. The molecule has 0 spiro atoms. The lowest BCUT2D eigenvalue weighted by Gasteiger charge is -2.45. The number of amides is 1. The van der Waals surface area contributed by atoms with E-state index in [4.69, 9.17) is 4.74 Å². The van der Waals surface area contributed by atoms with Crippen molar-refractivity contribution in [1.82, 2.24) is 9.80 Å². The van der Waals surface area contributed by atoms with Gasteiger partial charge in [0.25, 0.3) is 0 Å². The molecule has 0 radical (unpaired) electrons. The Morgan fingerprint density at radius 1 is 1.04 bits per heavy atom. The van der Waals surface area contributed by atoms with Crippen molar-refractivity contribution in [2.45, 2.75) is 31.5 Å². The zero-order chi connectivity index (χ0) is 18.1. The van der Waals surface area contributed by atoms with Crippen LogP contribution in [0.4, 0.5) is 0 Å². The summed E-state index contributed by atoms with van der Waals surface area (Å²) in [4.78, 5) is 17.1. The van der Waals surface area contributed by atoms with E-state index in [1.165, 1.54) is 5.56 Å². The molecule has 4 rings (SSSR count). The topological polar surface area (TPSA) is 66.9 Å². The van der Waals surface area contributed by atoms with Crippen LogP contribution in [0.5, 0.6) is 0 Å². The van der Waals surface area contributed by atoms with E-state index < -0.39 is 9.84 Å². The molecule has 3 aliphatic heterocycles. The first kappa shape index (κ1) is 17.9. The molecule has 0 aliphatic carbocycles. The van der Waals surface area contributed by atoms with Crippen LogP contribution >= 0.6 is 0 Å². The van der Waals surface area contributed by atoms with Crippen molar-refractivity contribution in [3.8, 4) is 0 Å². The summed E-state index contributed by atoms with van der Waals surface area (Å²) in [5.41, 5.74) is 1.18. The number of fused-ring (bicyclic) bond motifs is 1. The van der Waals surface area contributed by atoms with Gasteiger partial charge in [-0.3, -0.25) is 9.69 Å². The minimum absolute atomic E-state index is 0.0200. The summed E-state index contributed by atoms with van der Waals surface area (Å²) in [5, 5.41) is 0. The number of carbonyl (C=O) groups is 1. The number of benzene rings is 1. The van der Waals surface area contributed by atoms with Crippen molar-refractivity contribution in [3.63, 3.8) is 0 Å². The first-order valence-electron chi connectivity index (χ1n) is 9.40. The lowest BCUT2D eigenvalue weighted by atomic mass is 9.95. The van der Waals surface area contributed by atoms with Gasteiger partial charge in [0.15, 0.2) is 9.84 Å². The highest BCUT2D eigenvalue weighted by Crippen LogP contribution is 2.30. The Labute approximate surface area is 155 Å². The summed E-state index contributed by atoms with van der Waals surface area (Å²) in [5.74, 6) is 0.355. The number of piperazine rings is 1. The Morgan fingerprint density at radius 3 is 2.46 bits per heavy atom. The van der Waals surface area contributed by atoms with E-state index in [0.29, 0.717) is 19.8 Å². The zero-order valence-electron chi connectivity index (χ0n) is 14.9. The van der Waals surface area contributed by atoms with Crippen molar-refractivity contribution in [2.75, 3.05) is 37.8 Å². The van der Waals surface area contributed by atoms with Crippen LogP contribution in [0.1, 0.15) is 18.4 Å². The number of hydrogen-bond donors (Lipinski definition) is 0. The van der Waals surface area contributed by atoms with Crippen LogP contribution in [-0.4, -0.2) is 74.0 Å². The van der Waals surface area contributed by atoms with Crippen LogP contribution in [0.3, 0.4) is 0 Å². The van der Waals surface area contributed by atoms with Crippen molar-refractivity contribution in [2.24, 2.45) is 5.92 Å². The average Bonchev–Trinajstić information content (AvgIpc) is 2.98. The summed E-state index contributed by atoms with van der Waals surface area (Å²) in [6.45, 7) is 3.31. The molecule has 6 nitrogen and oxygen atoms in total. The summed E-state index contributed by atoms with van der Waals surface area (Å²) in [6, 6.07) is 9.81. The third kappa shape index (κ3) is 3.66. The van der Waals surface area contributed by atoms with E-state index >= 15 is 0 Å². The molecule has 3 fully saturated rings. The minimum Gasteiger partial charge on any atom is -0.381 e. The Hall–Kier alpha value is -1.44. The quantitative estimate of drug-likeness (QED) is 0.783. The van der Waals surface area contributed by atoms with Crippen LogP contribution in [0, 0.1) is 5.92 Å². The van der Waals surface area contributed by atoms with Gasteiger partial charge in [0.2, 0.25) is 5.91 Å². The molecule has 1 amide bonds. The van der Waals surface area contributed by atoms with Gasteiger partial charge < -0.3 is 9.64 Å². The SMILES string of the molecule is O=C(C1CCOCC1)N1CCN(Cc2ccccc2)[C@@H]2CS(=O)(=O)C[C@@H]21. The van der Waals surface area contributed by atoms with E-state index in [1.54, 1.807) is 0 Å². The monoisotopic (exact) mass is 378 g/mol. The van der Waals surface area contributed by atoms with Gasteiger partial charge in [0.05, 0.1) is 17.5 Å². The third-order valence-corrected chi connectivity index (χ3v) is 7.57. The molecule has 0 saturated carbocycles. The number of sulfone groups is 1. The highest BCUT2D eigenvalue weighted by molar-refractivity contribution is 7.91. The number of hydrogen-bond acceptors (Lipinski definition) is 5. The van der Waals surface area contributed by atoms with E-state index in [9.17, 15) is 13.2 Å². The lowest BCUT2D eigenvalue weighted by molar-refractivity contribution is -0.144. The molecular weight excluding hydrogens is 352 g/mol. The van der Waals surface area contributed by atoms with Gasteiger partial charge in [-0.2, -0.15) is 0 Å². The fourth-order valence-electron chi connectivity index (χ4n) is 4.49. The maximum Gasteiger partial charge on any atom is 0.226 e. The Kier molecular flexibility index (Phi) is 5.03. The predicted molar refractivity (Wildman–Crippen MR) is 98.3 cm³/mol. The summed E-state index contributed by atoms with van der Waals surface area (Å²) >= 11 is 0. The highest BCUT2D eigenvalue weighted by Gasteiger charge is 2.48. The first-order chi connectivity index (χ1) is 12.5. The van der Waals surface area contributed by atoms with E-state index in [-0.39, 0.29) is 35.4 Å². The van der Waals surface area contributed by atoms with Gasteiger partial charge in [-0.1, -0.05) is 30.3 Å². The summed E-state index contributed by atoms with van der Waals surface area (Å²) in [6.07, 6.45) is 1.49. The van der Waals surface area contributed by atoms with Gasteiger partial charge in [-0.05, 0) is 18.4 Å². The molecule has 0 bridgehead atoms. The molecule has 3 aliphatic rings. The Balaban J connectivity index is 1.52. The second-order valence-corrected chi connectivity index (χ2v) is 9.74. The van der Waals surface area contributed by atoms with Crippen LogP contribution in [0.2, 0.25) is 0 Å². The second kappa shape index (κ2) is 7.29. The summed E-state index contributed by atoms with van der Waals surface area (Å²) in [7, 11) is -3.11. The molecule has 1 aromatic carbocycles. The fraction of sp³-hybridized carbons (Fsp3) is 0.632. The second-order valence-electron chi connectivity index (χ2n) is 7.59. The van der Waals surface area contributed by atoms with Crippen LogP contribution in [0.25, 0.3) is 0 Å². The maximum atomic E-state index is 13.0. The van der Waals surface area contributed by atoms with Crippen molar-refractivity contribution < 1.29 is 17.9 Å². The minimum atomic E-state index is -3.11. The van der Waals surface area contributed by atoms with Crippen LogP contribution in [0.15, 0.2) is 30.3 Å². The van der Waals surface area contributed by atoms with E-state index in [0.717, 1.165) is 25.9 Å². The van der Waals surface area contributed by atoms with Crippen molar-refractivity contribution in [3.05, 3.63) is 35.9 Å². The standard InChI is InChI=1S/C19H26N2O4S/c22-19(16-6-10-25-11-7-16)21-9-8-20(12-15-4-2-1-3-5-15)17-13-26(23,24)14-18(17)21/h1-5,16-18H,6-14H2/t17-,18+/m1/s1. The molecule has 26 heavy (non-hydrogen) atoms. The first-order valence-corrected chi connectivity index (χ1v) is 11.2. The van der Waals surface area contributed by atoms with E-state index in [1.807, 2.05) is 23.1 Å². The maximum absolute atomic E-state index is 13.0. The normalized spacial score (nSPS) is 29.5.